The smallest absolute Gasteiger partial charge is 0.139 e. The van der Waals surface area contributed by atoms with Gasteiger partial charge in [-0.2, -0.15) is 0 Å². The van der Waals surface area contributed by atoms with Crippen LogP contribution in [-0.2, 0) is 0 Å². The number of nitrogens with zero attached hydrogens (tertiary/aromatic N) is 1. The summed E-state index contributed by atoms with van der Waals surface area (Å²) in [5.41, 5.74) is 3.62. The van der Waals surface area contributed by atoms with Gasteiger partial charge in [-0.05, 0) is 24.1 Å². The number of rotatable bonds is 3. The molecule has 3 rings (SSSR count). The third kappa shape index (κ3) is 2.95. The molecule has 0 spiro atoms. The predicted octanol–water partition coefficient (Wildman–Crippen LogP) is 5.25. The van der Waals surface area contributed by atoms with Crippen molar-refractivity contribution in [1.82, 2.24) is 4.90 Å². The van der Waals surface area contributed by atoms with Gasteiger partial charge in [-0.25, -0.2) is 8.78 Å². The van der Waals surface area contributed by atoms with Crippen molar-refractivity contribution in [1.29, 1.82) is 0 Å². The van der Waals surface area contributed by atoms with Crippen LogP contribution in [0.15, 0.2) is 66.4 Å². The molecule has 0 aliphatic carbocycles. The fourth-order valence-corrected chi connectivity index (χ4v) is 2.98. The number of ether oxygens (including phenoxy) is 1. The van der Waals surface area contributed by atoms with Crippen LogP contribution in [0.1, 0.15) is 18.1 Å². The molecule has 0 unspecified atom stereocenters. The maximum atomic E-state index is 14.7. The number of methoxy groups -OCH3 is 1. The molecule has 0 saturated carbocycles. The largest absolute Gasteiger partial charge is 0.497 e. The summed E-state index contributed by atoms with van der Waals surface area (Å²) >= 11 is 0. The van der Waals surface area contributed by atoms with Gasteiger partial charge in [0.25, 0.3) is 0 Å². The highest BCUT2D eigenvalue weighted by Gasteiger charge is 2.27. The van der Waals surface area contributed by atoms with E-state index in [9.17, 15) is 8.78 Å². The summed E-state index contributed by atoms with van der Waals surface area (Å²) in [6.07, 6.45) is 1.91. The molecule has 0 radical (unpaired) electrons. The van der Waals surface area contributed by atoms with Crippen molar-refractivity contribution < 1.29 is 13.5 Å². The van der Waals surface area contributed by atoms with Crippen molar-refractivity contribution in [2.24, 2.45) is 0 Å². The van der Waals surface area contributed by atoms with Crippen LogP contribution in [0.5, 0.6) is 5.75 Å². The molecular formula is C21H19F2NO. The number of allylic oxidation sites excluding steroid dienone is 3. The zero-order valence-electron chi connectivity index (χ0n) is 14.4. The molecule has 1 aliphatic rings. The van der Waals surface area contributed by atoms with E-state index in [1.54, 1.807) is 11.9 Å². The molecule has 4 heteroatoms. The Morgan fingerprint density at radius 2 is 1.64 bits per heavy atom. The van der Waals surface area contributed by atoms with Gasteiger partial charge in [-0.15, -0.1) is 0 Å². The summed E-state index contributed by atoms with van der Waals surface area (Å²) < 4.78 is 34.4. The van der Waals surface area contributed by atoms with Crippen LogP contribution in [0.4, 0.5) is 8.78 Å². The zero-order chi connectivity index (χ0) is 18.1. The van der Waals surface area contributed by atoms with E-state index in [1.807, 2.05) is 43.3 Å². The third-order valence-corrected chi connectivity index (χ3v) is 4.38. The molecule has 0 aromatic heterocycles. The van der Waals surface area contributed by atoms with E-state index < -0.39 is 11.6 Å². The summed E-state index contributed by atoms with van der Waals surface area (Å²) in [6, 6.07) is 11.9. The number of halogens is 2. The van der Waals surface area contributed by atoms with Crippen molar-refractivity contribution >= 4 is 11.3 Å². The van der Waals surface area contributed by atoms with Gasteiger partial charge in [-0.3, -0.25) is 0 Å². The van der Waals surface area contributed by atoms with Gasteiger partial charge in [0.05, 0.1) is 18.4 Å². The monoisotopic (exact) mass is 339 g/mol. The molecule has 2 nitrogen and oxygen atoms in total. The standard InChI is InChI=1S/C21H19F2NO/c1-13-10-17(15-8-6-5-7-9-15)21(24(3)14(13)2)20-18(22)11-16(25-4)12-19(20)23/h5-12H,2H2,1,3-4H3. The van der Waals surface area contributed by atoms with Crippen LogP contribution in [0.2, 0.25) is 0 Å². The van der Waals surface area contributed by atoms with Gasteiger partial charge >= 0.3 is 0 Å². The second-order valence-electron chi connectivity index (χ2n) is 5.93. The second kappa shape index (κ2) is 6.55. The first kappa shape index (κ1) is 17.0. The Bertz CT molecular complexity index is 874. The first-order valence-electron chi connectivity index (χ1n) is 7.88. The van der Waals surface area contributed by atoms with Crippen LogP contribution in [0, 0.1) is 11.6 Å². The van der Waals surface area contributed by atoms with Gasteiger partial charge in [0.2, 0.25) is 0 Å². The molecule has 1 aliphatic heterocycles. The van der Waals surface area contributed by atoms with Crippen molar-refractivity contribution in [3.8, 4) is 5.75 Å². The topological polar surface area (TPSA) is 12.5 Å². The third-order valence-electron chi connectivity index (χ3n) is 4.38. The Balaban J connectivity index is 2.34. The molecule has 2 aromatic rings. The molecule has 0 amide bonds. The minimum Gasteiger partial charge on any atom is -0.497 e. The summed E-state index contributed by atoms with van der Waals surface area (Å²) in [4.78, 5) is 1.73. The van der Waals surface area contributed by atoms with E-state index >= 15 is 0 Å². The zero-order valence-corrected chi connectivity index (χ0v) is 14.4. The van der Waals surface area contributed by atoms with Crippen LogP contribution in [0.25, 0.3) is 11.3 Å². The summed E-state index contributed by atoms with van der Waals surface area (Å²) in [7, 11) is 3.14. The number of hydrogen-bond donors (Lipinski definition) is 0. The normalized spacial score (nSPS) is 14.7. The number of benzene rings is 2. The van der Waals surface area contributed by atoms with Crippen LogP contribution in [0.3, 0.4) is 0 Å². The lowest BCUT2D eigenvalue weighted by Gasteiger charge is -2.32. The molecule has 0 atom stereocenters. The maximum Gasteiger partial charge on any atom is 0.139 e. The highest BCUT2D eigenvalue weighted by Crippen LogP contribution is 2.40. The van der Waals surface area contributed by atoms with E-state index in [0.717, 1.165) is 16.7 Å². The molecule has 2 aromatic carbocycles. The fraction of sp³-hybridized carbons (Fsp3) is 0.143. The fourth-order valence-electron chi connectivity index (χ4n) is 2.98. The highest BCUT2D eigenvalue weighted by atomic mass is 19.1. The summed E-state index contributed by atoms with van der Waals surface area (Å²) in [5, 5.41) is 0. The molecule has 1 heterocycles. The first-order chi connectivity index (χ1) is 11.9. The molecule has 0 N–H and O–H groups in total. The van der Waals surface area contributed by atoms with Crippen LogP contribution >= 0.6 is 0 Å². The van der Waals surface area contributed by atoms with Gasteiger partial charge < -0.3 is 9.64 Å². The van der Waals surface area contributed by atoms with Crippen molar-refractivity contribution in [2.45, 2.75) is 6.92 Å². The van der Waals surface area contributed by atoms with Crippen molar-refractivity contribution in [2.75, 3.05) is 14.2 Å². The molecule has 0 saturated heterocycles. The van der Waals surface area contributed by atoms with Crippen LogP contribution in [-0.4, -0.2) is 19.1 Å². The summed E-state index contributed by atoms with van der Waals surface area (Å²) in [6.45, 7) is 5.96. The van der Waals surface area contributed by atoms with E-state index in [0.29, 0.717) is 11.4 Å². The predicted molar refractivity (Wildman–Crippen MR) is 96.8 cm³/mol. The first-order valence-corrected chi connectivity index (χ1v) is 7.88. The molecular weight excluding hydrogens is 320 g/mol. The van der Waals surface area contributed by atoms with E-state index in [4.69, 9.17) is 4.74 Å². The Morgan fingerprint density at radius 1 is 1.04 bits per heavy atom. The number of likely N-dealkylation sites (N-methyl/N-ethyl adjacent to an activating group) is 1. The van der Waals surface area contributed by atoms with Gasteiger partial charge in [0.15, 0.2) is 0 Å². The molecule has 25 heavy (non-hydrogen) atoms. The SMILES string of the molecule is C=C1C(C)=CC(c2ccccc2)=C(c2c(F)cc(OC)cc2F)N1C. The second-order valence-corrected chi connectivity index (χ2v) is 5.93. The Hall–Kier alpha value is -2.88. The quantitative estimate of drug-likeness (QED) is 0.757. The lowest BCUT2D eigenvalue weighted by atomic mass is 9.92. The highest BCUT2D eigenvalue weighted by molar-refractivity contribution is 5.97. The van der Waals surface area contributed by atoms with Crippen LogP contribution < -0.4 is 4.74 Å². The Kier molecular flexibility index (Phi) is 4.45. The lowest BCUT2D eigenvalue weighted by molar-refractivity contribution is 0.406. The molecule has 0 fully saturated rings. The van der Waals surface area contributed by atoms with E-state index in [-0.39, 0.29) is 11.3 Å². The minimum absolute atomic E-state index is 0.0907. The van der Waals surface area contributed by atoms with Gasteiger partial charge in [0.1, 0.15) is 17.4 Å². The van der Waals surface area contributed by atoms with Gasteiger partial charge in [0, 0.05) is 30.5 Å². The average molecular weight is 339 g/mol. The van der Waals surface area contributed by atoms with Crippen molar-refractivity contribution in [3.63, 3.8) is 0 Å². The lowest BCUT2D eigenvalue weighted by Crippen LogP contribution is -2.22. The van der Waals surface area contributed by atoms with E-state index in [2.05, 4.69) is 6.58 Å². The molecule has 128 valence electrons. The maximum absolute atomic E-state index is 14.7. The summed E-state index contributed by atoms with van der Waals surface area (Å²) in [5.74, 6) is -1.20. The van der Waals surface area contributed by atoms with Gasteiger partial charge in [-0.1, -0.05) is 36.9 Å². The number of hydrogen-bond acceptors (Lipinski definition) is 2. The Morgan fingerprint density at radius 3 is 2.20 bits per heavy atom. The Labute approximate surface area is 146 Å². The average Bonchev–Trinajstić information content (AvgIpc) is 2.61. The van der Waals surface area contributed by atoms with E-state index in [1.165, 1.54) is 19.2 Å². The van der Waals surface area contributed by atoms with Crippen molar-refractivity contribution in [3.05, 3.63) is 89.2 Å². The molecule has 0 bridgehead atoms. The minimum atomic E-state index is -0.673.